The summed E-state index contributed by atoms with van der Waals surface area (Å²) < 4.78 is 25.6. The van der Waals surface area contributed by atoms with Crippen molar-refractivity contribution < 1.29 is 61.3 Å². The Morgan fingerprint density at radius 1 is 0.403 bits per heavy atom. The van der Waals surface area contributed by atoms with Crippen LogP contribution in [0, 0.1) is 5.41 Å². The smallest absolute Gasteiger partial charge is 0.206 e. The molecule has 5 aliphatic carbocycles. The van der Waals surface area contributed by atoms with E-state index in [1.54, 1.807) is 76.8 Å². The van der Waals surface area contributed by atoms with Crippen LogP contribution in [0.1, 0.15) is 85.0 Å². The largest absolute Gasteiger partial charge is 0.490 e. The van der Waals surface area contributed by atoms with E-state index in [4.69, 9.17) is 78.9 Å². The lowest BCUT2D eigenvalue weighted by atomic mass is 10.0. The molecule has 0 aromatic carbocycles. The number of ether oxygens (including phenoxy) is 2. The number of quaternary nitrogens is 5. The molecule has 0 saturated carbocycles. The minimum Gasteiger partial charge on any atom is -0.490 e. The highest BCUT2D eigenvalue weighted by molar-refractivity contribution is 6.51. The number of allylic oxidation sites excluding steroid dienone is 13. The molecule has 16 N–H and O–H groups in total. The van der Waals surface area contributed by atoms with Gasteiger partial charge in [-0.3, -0.25) is 24.6 Å². The number of Topliss-reactive ketones (excluding diaryl/α,β-unsaturated/α-hetero) is 1. The zero-order chi connectivity index (χ0) is 105. The molecule has 6 saturated heterocycles. The van der Waals surface area contributed by atoms with Crippen LogP contribution in [0.25, 0.3) is 27.6 Å². The molecule has 149 heavy (non-hydrogen) atoms. The molecular formula is C109H141ClN31O8+5. The minimum atomic E-state index is -0.260. The molecule has 10 aromatic heterocycles. The fraction of sp³-hybridized carbons (Fsp3) is 0.404. The summed E-state index contributed by atoms with van der Waals surface area (Å²) in [6.07, 6.45) is 37.1. The number of morpholine rings is 1. The van der Waals surface area contributed by atoms with Crippen LogP contribution in [-0.4, -0.2) is 344 Å². The van der Waals surface area contributed by atoms with Gasteiger partial charge in [0.05, 0.1) is 264 Å². The number of carbonyl (C=O) groups is 4. The van der Waals surface area contributed by atoms with Crippen LogP contribution in [0.3, 0.4) is 0 Å². The maximum atomic E-state index is 12.7. The van der Waals surface area contributed by atoms with E-state index >= 15 is 0 Å². The molecule has 16 heterocycles. The Labute approximate surface area is 872 Å². The quantitative estimate of drug-likeness (QED) is 0.0109. The number of nitrogens with two attached hydrogens (primary N) is 3. The van der Waals surface area contributed by atoms with E-state index < -0.39 is 0 Å². The monoisotopic (exact) mass is 2050 g/mol. The maximum absolute atomic E-state index is 12.7. The van der Waals surface area contributed by atoms with Crippen molar-refractivity contribution in [2.75, 3.05) is 232 Å². The predicted molar refractivity (Wildman–Crippen MR) is 589 cm³/mol. The summed E-state index contributed by atoms with van der Waals surface area (Å²) in [6, 6.07) is 29.3. The zero-order valence-electron chi connectivity index (χ0n) is 86.6. The van der Waals surface area contributed by atoms with Gasteiger partial charge in [-0.05, 0) is 117 Å². The van der Waals surface area contributed by atoms with Crippen LogP contribution >= 0.6 is 11.6 Å². The number of likely N-dealkylation sites (tertiary alicyclic amines) is 5. The number of pyridine rings is 5. The molecule has 11 aliphatic rings. The fourth-order valence-corrected chi connectivity index (χ4v) is 20.7. The van der Waals surface area contributed by atoms with Crippen molar-refractivity contribution in [3.05, 3.63) is 238 Å². The lowest BCUT2D eigenvalue weighted by molar-refractivity contribution is -0.895. The number of aromatic nitrogens is 10. The Kier molecular flexibility index (Phi) is 33.4. The number of halogens is 1. The van der Waals surface area contributed by atoms with Crippen molar-refractivity contribution in [3.8, 4) is 0 Å². The third-order valence-corrected chi connectivity index (χ3v) is 29.7. The van der Waals surface area contributed by atoms with E-state index in [9.17, 15) is 24.3 Å². The molecule has 6 aliphatic heterocycles. The molecular weight excluding hydrogens is 1910 g/mol. The second-order valence-corrected chi connectivity index (χ2v) is 41.5. The van der Waals surface area contributed by atoms with E-state index in [1.807, 2.05) is 131 Å². The molecule has 21 rings (SSSR count). The SMILES string of the molecule is CC1=CC(=Nc2c(NCC[N+]3(C)CCCC3)nn3ccccc23)C(N)=C(Cl)C1=O.CC1=CC(=Nc2c(NCC[N+]3(C)CCCC3)nn3ccccc23)C(N)=CC1=O.CC1=CC(=Nc2c(NCC[N+]3(C)CCCC3)nn3ccccc23)C(NCCO)=CC1=O.C[N+]1(CCNc2nn3ccccc3c2N=C2C=C(OCCO)C(N)=CC2=N)CCCC1.C[N+]1(CCNc2nn3ccccc3c2N=C2C=C3OCCNC3=CC2=O)CCCC1. The molecule has 0 unspecified atom stereocenters. The molecule has 39 nitrogen and oxygen atoms in total. The van der Waals surface area contributed by atoms with Crippen LogP contribution in [0.2, 0.25) is 0 Å². The van der Waals surface area contributed by atoms with E-state index in [0.717, 1.165) is 144 Å². The Balaban J connectivity index is 0.000000127. The molecule has 0 spiro atoms. The Bertz CT molecular complexity index is 7230. The highest BCUT2D eigenvalue weighted by atomic mass is 35.5. The van der Waals surface area contributed by atoms with E-state index in [-0.39, 0.29) is 59.4 Å². The number of nitrogens with zero attached hydrogens (tertiary/aromatic N) is 20. The molecule has 40 heteroatoms. The van der Waals surface area contributed by atoms with E-state index in [0.29, 0.717) is 128 Å². The van der Waals surface area contributed by atoms with Gasteiger partial charge < -0.3 is 96.5 Å². The summed E-state index contributed by atoms with van der Waals surface area (Å²) in [5.74, 6) is 4.09. The average Bonchev–Trinajstić information content (AvgIpc) is 1.67. The molecule has 6 fully saturated rings. The first-order chi connectivity index (χ1) is 71.9. The van der Waals surface area contributed by atoms with Gasteiger partial charge in [0.1, 0.15) is 63.9 Å². The van der Waals surface area contributed by atoms with Gasteiger partial charge in [0.15, 0.2) is 40.7 Å². The zero-order valence-corrected chi connectivity index (χ0v) is 87.4. The Morgan fingerprint density at radius 3 is 1.13 bits per heavy atom. The van der Waals surface area contributed by atoms with E-state index in [2.05, 4.69) is 92.9 Å². The number of fused-ring (bicyclic) bond motifs is 6. The average molecular weight is 2050 g/mol. The second-order valence-electron chi connectivity index (χ2n) is 41.1. The molecule has 0 amide bonds. The van der Waals surface area contributed by atoms with Crippen molar-refractivity contribution in [2.45, 2.75) is 85.0 Å². The standard InChI is InChI=1S/C23H30N6O2.C22H30N7O2.C22H26N6O2.C21H25ClN6O.C21H26N6O/c1-17-15-19(18(16-21(17)31)24-9-14-30)26-22-20-7-3-4-10-28(20)27-23(22)25-8-13-29(2)11-5-6-12-29;1-29(9-4-5-10-29)11-7-25-22-21(19-6-2-3-8-28(19)27-22)26-18-15-20(31-13-12-30)17(24)14-16(18)23;1-28(10-4-5-11-28)12-7-24-22-21(18-6-2-3-9-27(18)26-22)25-16-15-20-17(14-19(16)29)23-8-13-30-20;1-14-13-15(18(23)17(22)20(14)29)25-19-16-7-3-4-9-27(16)26-21(19)24-8-12-28(2)10-5-6-11-28;1-15-13-17(16(22)14-19(15)28)24-20-18-7-3-4-9-26(18)25-21(20)23-8-12-27(2)10-5-6-11-27/h3-4,7,10,15-16,30H,5-6,8-9,11-14H2,1-2H3,(H-,24,25,27,31);2-3,6,8,14-15,23,30H,4-5,7,9-13,24H2,1H3,(H,25,27);2-3,6,9,14-15H,4-5,7-8,10-13H2,1H3,(H-,23,24,26,29);3-4,7,9,13H,5-6,8,10-12H2,1-2H3,(H2-,23,24,26,29);3-4,7,9,13-14H,5-6,8,10-12H2,1-2H3,(H2-,22,23,25,28)/q;+1;;;/p+4. The summed E-state index contributed by atoms with van der Waals surface area (Å²) in [5, 5.41) is 73.6. The van der Waals surface area contributed by atoms with Gasteiger partial charge in [0.2, 0.25) is 11.6 Å². The molecule has 0 radical (unpaired) electrons. The maximum Gasteiger partial charge on any atom is 0.206 e. The summed E-state index contributed by atoms with van der Waals surface area (Å²) in [4.78, 5) is 72.6. The summed E-state index contributed by atoms with van der Waals surface area (Å²) >= 11 is 6.12. The Morgan fingerprint density at radius 2 is 0.752 bits per heavy atom. The van der Waals surface area contributed by atoms with Gasteiger partial charge in [0, 0.05) is 144 Å². The highest BCUT2D eigenvalue weighted by Gasteiger charge is 2.35. The summed E-state index contributed by atoms with van der Waals surface area (Å²) in [7, 11) is 11.6. The molecule has 0 atom stereocenters. The number of likely N-dealkylation sites (N-methyl/N-ethyl adjacent to an activating group) is 5. The van der Waals surface area contributed by atoms with Gasteiger partial charge in [-0.2, -0.15) is 0 Å². The number of aliphatic hydroxyl groups excluding tert-OH is 2. The van der Waals surface area contributed by atoms with Crippen LogP contribution in [0.5, 0.6) is 0 Å². The number of rotatable bonds is 31. The molecule has 10 aromatic rings. The van der Waals surface area contributed by atoms with Crippen molar-refractivity contribution in [1.82, 2.24) is 58.7 Å². The fourth-order valence-electron chi connectivity index (χ4n) is 20.4. The van der Waals surface area contributed by atoms with Crippen molar-refractivity contribution in [1.29, 1.82) is 5.41 Å². The number of carbonyl (C=O) groups excluding carboxylic acids is 4. The summed E-state index contributed by atoms with van der Waals surface area (Å²) in [6.45, 7) is 28.4. The third kappa shape index (κ3) is 25.6. The Hall–Kier alpha value is -14.8. The topological polar surface area (TPSA) is 462 Å². The third-order valence-electron chi connectivity index (χ3n) is 29.4. The first-order valence-electron chi connectivity index (χ1n) is 51.8. The number of hydrogen-bond acceptors (Lipinski definition) is 29. The molecule has 0 bridgehead atoms. The van der Waals surface area contributed by atoms with Gasteiger partial charge in [-0.25, -0.2) is 47.5 Å². The lowest BCUT2D eigenvalue weighted by Gasteiger charge is -2.29. The second kappa shape index (κ2) is 47.1. The normalized spacial score (nSPS) is 20.4. The molecule has 782 valence electrons. The van der Waals surface area contributed by atoms with Crippen LogP contribution in [0.4, 0.5) is 57.5 Å². The van der Waals surface area contributed by atoms with Gasteiger partial charge in [0.25, 0.3) is 0 Å². The highest BCUT2D eigenvalue weighted by Crippen LogP contribution is 2.39. The van der Waals surface area contributed by atoms with E-state index in [1.165, 1.54) is 142 Å². The van der Waals surface area contributed by atoms with Gasteiger partial charge in [-0.1, -0.05) is 41.9 Å². The van der Waals surface area contributed by atoms with Crippen molar-refractivity contribution in [2.24, 2.45) is 42.2 Å². The van der Waals surface area contributed by atoms with Crippen LogP contribution in [-0.2, 0) is 28.7 Å². The van der Waals surface area contributed by atoms with Crippen LogP contribution in [0.15, 0.2) is 263 Å². The summed E-state index contributed by atoms with van der Waals surface area (Å²) in [5.41, 5.74) is 32.8. The first kappa shape index (κ1) is 106. The van der Waals surface area contributed by atoms with Crippen LogP contribution < -0.4 is 54.4 Å². The number of aliphatic imine (C=N–C) groups is 5. The number of anilines is 5. The number of nitrogens with one attached hydrogen (secondary N) is 8. The lowest BCUT2D eigenvalue weighted by Crippen LogP contribution is -2.44. The van der Waals surface area contributed by atoms with Gasteiger partial charge in [-0.15, -0.1) is 25.5 Å². The number of hydrogen-bond donors (Lipinski definition) is 13. The predicted octanol–water partition coefficient (Wildman–Crippen LogP) is 11.3. The van der Waals surface area contributed by atoms with Crippen molar-refractivity contribution >= 4 is 154 Å². The first-order valence-corrected chi connectivity index (χ1v) is 52.2. The van der Waals surface area contributed by atoms with Gasteiger partial charge >= 0.3 is 0 Å². The number of aliphatic hydroxyl groups is 2. The van der Waals surface area contributed by atoms with Crippen molar-refractivity contribution in [3.63, 3.8) is 0 Å². The number of ketones is 4. The minimum absolute atomic E-state index is 0.0150.